The highest BCUT2D eigenvalue weighted by molar-refractivity contribution is 6.12. The average molecular weight is 375 g/mol. The van der Waals surface area contributed by atoms with E-state index in [1.54, 1.807) is 0 Å². The topological polar surface area (TPSA) is 79.0 Å². The van der Waals surface area contributed by atoms with E-state index in [2.05, 4.69) is 5.32 Å². The number of fused-ring (bicyclic) bond motifs is 2. The minimum Gasteiger partial charge on any atom is -0.376 e. The molecular weight excluding hydrogens is 353 g/mol. The number of nitrogens with one attached hydrogen (secondary N) is 1. The molecular formula is C19H22FN3O4. The second-order valence-corrected chi connectivity index (χ2v) is 7.18. The van der Waals surface area contributed by atoms with Gasteiger partial charge in [0.15, 0.2) is 0 Å². The van der Waals surface area contributed by atoms with Crippen LogP contribution in [-0.4, -0.2) is 61.0 Å². The highest BCUT2D eigenvalue weighted by atomic mass is 19.1. The van der Waals surface area contributed by atoms with Crippen molar-refractivity contribution in [1.82, 2.24) is 10.2 Å². The summed E-state index contributed by atoms with van der Waals surface area (Å²) in [6, 6.07) is 3.14. The lowest BCUT2D eigenvalue weighted by Crippen LogP contribution is -2.48. The van der Waals surface area contributed by atoms with Gasteiger partial charge < -0.3 is 19.9 Å². The molecule has 0 bridgehead atoms. The summed E-state index contributed by atoms with van der Waals surface area (Å²) in [5, 5.41) is 2.78. The standard InChI is InChI=1S/C19H22FN3O4/c20-12-5-6-14-16(9-12)23(11-17(24)21-10-13-3-2-8-27-13)19(26)15-4-1-7-22(15)18(14)25/h5-6,9,13,15H,1-4,7-8,10-11H2,(H,21,24)/t13-,15-/m0/s1. The first-order chi connectivity index (χ1) is 13.0. The predicted octanol–water partition coefficient (Wildman–Crippen LogP) is 1.07. The Labute approximate surface area is 156 Å². The molecule has 0 aromatic heterocycles. The minimum absolute atomic E-state index is 0.00887. The van der Waals surface area contributed by atoms with E-state index in [0.717, 1.165) is 25.3 Å². The van der Waals surface area contributed by atoms with E-state index in [1.165, 1.54) is 21.9 Å². The fraction of sp³-hybridized carbons (Fsp3) is 0.526. The molecule has 4 rings (SSSR count). The first kappa shape index (κ1) is 17.9. The molecule has 0 unspecified atom stereocenters. The van der Waals surface area contributed by atoms with Gasteiger partial charge in [0.1, 0.15) is 18.4 Å². The molecule has 27 heavy (non-hydrogen) atoms. The van der Waals surface area contributed by atoms with Crippen molar-refractivity contribution >= 4 is 23.4 Å². The van der Waals surface area contributed by atoms with Crippen LogP contribution in [0.3, 0.4) is 0 Å². The average Bonchev–Trinajstić information content (AvgIpc) is 3.33. The van der Waals surface area contributed by atoms with Gasteiger partial charge >= 0.3 is 0 Å². The van der Waals surface area contributed by atoms with Crippen molar-refractivity contribution in [2.75, 3.05) is 31.1 Å². The monoisotopic (exact) mass is 375 g/mol. The molecule has 7 nitrogen and oxygen atoms in total. The number of rotatable bonds is 4. The molecule has 1 aromatic rings. The highest BCUT2D eigenvalue weighted by Gasteiger charge is 2.42. The van der Waals surface area contributed by atoms with Gasteiger partial charge in [-0.25, -0.2) is 4.39 Å². The Bertz CT molecular complexity index is 778. The normalized spacial score (nSPS) is 24.6. The SMILES string of the molecule is O=C(CN1C(=O)[C@@H]2CCCN2C(=O)c2ccc(F)cc21)NC[C@@H]1CCCO1. The van der Waals surface area contributed by atoms with Crippen molar-refractivity contribution < 1.29 is 23.5 Å². The number of carbonyl (C=O) groups excluding carboxylic acids is 3. The van der Waals surface area contributed by atoms with E-state index in [-0.39, 0.29) is 41.6 Å². The second kappa shape index (κ2) is 7.26. The number of nitrogens with zero attached hydrogens (tertiary/aromatic N) is 2. The highest BCUT2D eigenvalue weighted by Crippen LogP contribution is 2.32. The summed E-state index contributed by atoms with van der Waals surface area (Å²) in [6.07, 6.45) is 3.14. The number of benzene rings is 1. The molecule has 3 amide bonds. The smallest absolute Gasteiger partial charge is 0.256 e. The molecule has 8 heteroatoms. The number of anilines is 1. The molecule has 1 N–H and O–H groups in total. The zero-order chi connectivity index (χ0) is 19.0. The van der Waals surface area contributed by atoms with Gasteiger partial charge in [-0.15, -0.1) is 0 Å². The summed E-state index contributed by atoms with van der Waals surface area (Å²) >= 11 is 0. The van der Waals surface area contributed by atoms with E-state index in [1.807, 2.05) is 0 Å². The lowest BCUT2D eigenvalue weighted by Gasteiger charge is -2.25. The molecule has 3 aliphatic rings. The van der Waals surface area contributed by atoms with Crippen molar-refractivity contribution in [1.29, 1.82) is 0 Å². The van der Waals surface area contributed by atoms with Crippen LogP contribution in [0.5, 0.6) is 0 Å². The first-order valence-electron chi connectivity index (χ1n) is 9.35. The largest absolute Gasteiger partial charge is 0.376 e. The molecule has 0 radical (unpaired) electrons. The Kier molecular flexibility index (Phi) is 4.82. The van der Waals surface area contributed by atoms with Gasteiger partial charge in [0.05, 0.1) is 17.4 Å². The Morgan fingerprint density at radius 1 is 1.26 bits per heavy atom. The van der Waals surface area contributed by atoms with Gasteiger partial charge in [-0.1, -0.05) is 0 Å². The first-order valence-corrected chi connectivity index (χ1v) is 9.35. The molecule has 2 fully saturated rings. The summed E-state index contributed by atoms with van der Waals surface area (Å²) in [4.78, 5) is 41.1. The molecule has 2 atom stereocenters. The zero-order valence-electron chi connectivity index (χ0n) is 14.9. The third kappa shape index (κ3) is 3.41. The van der Waals surface area contributed by atoms with E-state index >= 15 is 0 Å². The fourth-order valence-electron chi connectivity index (χ4n) is 4.02. The van der Waals surface area contributed by atoms with E-state index in [4.69, 9.17) is 4.74 Å². The molecule has 1 aromatic carbocycles. The summed E-state index contributed by atoms with van der Waals surface area (Å²) < 4.78 is 19.3. The van der Waals surface area contributed by atoms with Crippen LogP contribution in [0.4, 0.5) is 10.1 Å². The van der Waals surface area contributed by atoms with Gasteiger partial charge in [-0.05, 0) is 43.9 Å². The van der Waals surface area contributed by atoms with Crippen LogP contribution in [-0.2, 0) is 14.3 Å². The van der Waals surface area contributed by atoms with Crippen LogP contribution in [0.25, 0.3) is 0 Å². The minimum atomic E-state index is -0.598. The van der Waals surface area contributed by atoms with Gasteiger partial charge in [0.25, 0.3) is 5.91 Å². The maximum absolute atomic E-state index is 13.9. The van der Waals surface area contributed by atoms with Crippen molar-refractivity contribution in [2.24, 2.45) is 0 Å². The zero-order valence-corrected chi connectivity index (χ0v) is 14.9. The van der Waals surface area contributed by atoms with Crippen molar-refractivity contribution in [2.45, 2.75) is 37.8 Å². The number of hydrogen-bond donors (Lipinski definition) is 1. The van der Waals surface area contributed by atoms with E-state index in [9.17, 15) is 18.8 Å². The summed E-state index contributed by atoms with van der Waals surface area (Å²) in [7, 11) is 0. The molecule has 3 heterocycles. The Hall–Kier alpha value is -2.48. The Morgan fingerprint density at radius 3 is 2.89 bits per heavy atom. The van der Waals surface area contributed by atoms with Crippen molar-refractivity contribution in [3.63, 3.8) is 0 Å². The maximum atomic E-state index is 13.9. The Morgan fingerprint density at radius 2 is 2.11 bits per heavy atom. The van der Waals surface area contributed by atoms with Crippen LogP contribution in [0, 0.1) is 5.82 Å². The van der Waals surface area contributed by atoms with Gasteiger partial charge in [-0.2, -0.15) is 0 Å². The quantitative estimate of drug-likeness (QED) is 0.854. The van der Waals surface area contributed by atoms with Crippen LogP contribution in [0.15, 0.2) is 18.2 Å². The molecule has 0 aliphatic carbocycles. The van der Waals surface area contributed by atoms with Gasteiger partial charge in [-0.3, -0.25) is 14.4 Å². The maximum Gasteiger partial charge on any atom is 0.256 e. The number of amides is 3. The third-order valence-electron chi connectivity index (χ3n) is 5.40. The summed E-state index contributed by atoms with van der Waals surface area (Å²) in [5.41, 5.74) is 0.410. The lowest BCUT2D eigenvalue weighted by atomic mass is 10.1. The number of ether oxygens (including phenoxy) is 1. The van der Waals surface area contributed by atoms with Crippen LogP contribution in [0.2, 0.25) is 0 Å². The molecule has 3 aliphatic heterocycles. The fourth-order valence-corrected chi connectivity index (χ4v) is 4.02. The predicted molar refractivity (Wildman–Crippen MR) is 94.8 cm³/mol. The summed E-state index contributed by atoms with van der Waals surface area (Å²) in [5.74, 6) is -1.53. The van der Waals surface area contributed by atoms with Gasteiger partial charge in [0, 0.05) is 19.7 Å². The molecule has 2 saturated heterocycles. The number of hydrogen-bond acceptors (Lipinski definition) is 4. The van der Waals surface area contributed by atoms with Crippen molar-refractivity contribution in [3.8, 4) is 0 Å². The molecule has 0 spiro atoms. The van der Waals surface area contributed by atoms with E-state index in [0.29, 0.717) is 26.1 Å². The van der Waals surface area contributed by atoms with Crippen LogP contribution >= 0.6 is 0 Å². The number of carbonyl (C=O) groups is 3. The summed E-state index contributed by atoms with van der Waals surface area (Å²) in [6.45, 7) is 1.31. The molecule has 144 valence electrons. The lowest BCUT2D eigenvalue weighted by molar-refractivity contribution is -0.125. The second-order valence-electron chi connectivity index (χ2n) is 7.18. The Balaban J connectivity index is 1.58. The van der Waals surface area contributed by atoms with Crippen molar-refractivity contribution in [3.05, 3.63) is 29.6 Å². The van der Waals surface area contributed by atoms with E-state index < -0.39 is 11.9 Å². The third-order valence-corrected chi connectivity index (χ3v) is 5.40. The van der Waals surface area contributed by atoms with Gasteiger partial charge in [0.2, 0.25) is 11.8 Å². The van der Waals surface area contributed by atoms with Crippen LogP contribution in [0.1, 0.15) is 36.0 Å². The van der Waals surface area contributed by atoms with Crippen LogP contribution < -0.4 is 10.2 Å². The number of halogens is 1. The molecule has 0 saturated carbocycles.